The number of carbonyl (C=O) groups excluding carboxylic acids is 2. The summed E-state index contributed by atoms with van der Waals surface area (Å²) < 4.78 is 10.7. The summed E-state index contributed by atoms with van der Waals surface area (Å²) in [5.74, 6) is 0.185. The second-order valence-corrected chi connectivity index (χ2v) is 7.91. The number of likely N-dealkylation sites (tertiary alicyclic amines) is 1. The van der Waals surface area contributed by atoms with Gasteiger partial charge >= 0.3 is 5.97 Å². The molecule has 2 aromatic rings. The number of aryl methyl sites for hydroxylation is 1. The third-order valence-electron chi connectivity index (χ3n) is 5.93. The number of nitrogens with one attached hydrogen (secondary N) is 2. The van der Waals surface area contributed by atoms with Crippen LogP contribution >= 0.6 is 0 Å². The third-order valence-corrected chi connectivity index (χ3v) is 5.93. The Bertz CT molecular complexity index is 916. The van der Waals surface area contributed by atoms with Crippen LogP contribution in [0.1, 0.15) is 69.9 Å². The Kier molecular flexibility index (Phi) is 7.74. The van der Waals surface area contributed by atoms with Crippen LogP contribution in [0, 0.1) is 13.8 Å². The number of aromatic amines is 1. The number of hydrogen-bond donors (Lipinski definition) is 2. The van der Waals surface area contributed by atoms with Gasteiger partial charge < -0.3 is 19.8 Å². The van der Waals surface area contributed by atoms with Crippen molar-refractivity contribution in [3.05, 3.63) is 52.3 Å². The van der Waals surface area contributed by atoms with Gasteiger partial charge in [-0.15, -0.1) is 0 Å². The Hall–Kier alpha value is -2.80. The highest BCUT2D eigenvalue weighted by atomic mass is 16.5. The molecule has 1 fully saturated rings. The molecule has 1 aliphatic rings. The van der Waals surface area contributed by atoms with E-state index in [1.54, 1.807) is 27.9 Å². The lowest BCUT2D eigenvalue weighted by Crippen LogP contribution is -2.41. The van der Waals surface area contributed by atoms with Crippen LogP contribution in [0.3, 0.4) is 0 Å². The summed E-state index contributed by atoms with van der Waals surface area (Å²) in [7, 11) is 1.67. The van der Waals surface area contributed by atoms with Gasteiger partial charge in [-0.05, 0) is 58.3 Å². The molecule has 7 nitrogen and oxygen atoms in total. The van der Waals surface area contributed by atoms with Gasteiger partial charge in [-0.3, -0.25) is 9.69 Å². The van der Waals surface area contributed by atoms with Gasteiger partial charge in [-0.1, -0.05) is 24.6 Å². The summed E-state index contributed by atoms with van der Waals surface area (Å²) in [5, 5.41) is 3.08. The van der Waals surface area contributed by atoms with Crippen molar-refractivity contribution >= 4 is 11.9 Å². The molecule has 1 amide bonds. The maximum Gasteiger partial charge on any atom is 0.340 e. The molecule has 1 aromatic carbocycles. The van der Waals surface area contributed by atoms with Gasteiger partial charge in [0.2, 0.25) is 0 Å². The summed E-state index contributed by atoms with van der Waals surface area (Å²) in [6.45, 7) is 8.04. The number of hydrogen-bond acceptors (Lipinski definition) is 5. The number of aromatic nitrogens is 1. The molecule has 0 aliphatic carbocycles. The van der Waals surface area contributed by atoms with Gasteiger partial charge in [0.05, 0.1) is 25.3 Å². The van der Waals surface area contributed by atoms with Gasteiger partial charge in [0.25, 0.3) is 5.91 Å². The van der Waals surface area contributed by atoms with E-state index in [1.165, 1.54) is 6.42 Å². The molecule has 7 heteroatoms. The van der Waals surface area contributed by atoms with Crippen molar-refractivity contribution in [3.8, 4) is 5.75 Å². The number of benzene rings is 1. The zero-order chi connectivity index (χ0) is 22.4. The molecule has 1 atom stereocenters. The number of nitrogens with zero attached hydrogens (tertiary/aromatic N) is 1. The second-order valence-electron chi connectivity index (χ2n) is 7.91. The van der Waals surface area contributed by atoms with E-state index in [4.69, 9.17) is 9.47 Å². The van der Waals surface area contributed by atoms with Crippen LogP contribution < -0.4 is 10.1 Å². The number of rotatable bonds is 8. The first kappa shape index (κ1) is 22.9. The number of ether oxygens (including phenoxy) is 2. The predicted octanol–water partition coefficient (Wildman–Crippen LogP) is 3.77. The molecule has 1 aliphatic heterocycles. The molecule has 1 saturated heterocycles. The zero-order valence-corrected chi connectivity index (χ0v) is 18.9. The Morgan fingerprint density at radius 1 is 1.16 bits per heavy atom. The highest BCUT2D eigenvalue weighted by molar-refractivity contribution is 6.00. The lowest BCUT2D eigenvalue weighted by molar-refractivity contribution is 0.0525. The van der Waals surface area contributed by atoms with Crippen molar-refractivity contribution in [1.29, 1.82) is 0 Å². The van der Waals surface area contributed by atoms with E-state index >= 15 is 0 Å². The maximum atomic E-state index is 13.0. The fourth-order valence-electron chi connectivity index (χ4n) is 4.37. The van der Waals surface area contributed by atoms with E-state index < -0.39 is 5.97 Å². The number of H-pyrrole nitrogens is 1. The van der Waals surface area contributed by atoms with Gasteiger partial charge in [0.1, 0.15) is 11.4 Å². The van der Waals surface area contributed by atoms with E-state index in [1.807, 2.05) is 18.2 Å². The highest BCUT2D eigenvalue weighted by Crippen LogP contribution is 2.31. The van der Waals surface area contributed by atoms with Gasteiger partial charge in [-0.2, -0.15) is 0 Å². The SMILES string of the molecule is CCOC(=O)c1c(C)[nH]c(C(=O)NCC(c2ccccc2OC)N2CCCCC2)c1C. The van der Waals surface area contributed by atoms with Crippen LogP contribution in [-0.4, -0.2) is 55.1 Å². The number of amides is 1. The first-order chi connectivity index (χ1) is 15.0. The van der Waals surface area contributed by atoms with E-state index in [9.17, 15) is 9.59 Å². The average molecular weight is 428 g/mol. The van der Waals surface area contributed by atoms with Crippen molar-refractivity contribution in [2.24, 2.45) is 0 Å². The van der Waals surface area contributed by atoms with Crippen LogP contribution in [0.4, 0.5) is 0 Å². The van der Waals surface area contributed by atoms with E-state index in [0.29, 0.717) is 35.7 Å². The second kappa shape index (κ2) is 10.5. The minimum Gasteiger partial charge on any atom is -0.496 e. The number of esters is 1. The van der Waals surface area contributed by atoms with Crippen LogP contribution in [-0.2, 0) is 4.74 Å². The van der Waals surface area contributed by atoms with Crippen molar-refractivity contribution in [2.45, 2.75) is 46.1 Å². The minimum absolute atomic E-state index is 0.0151. The molecule has 2 N–H and O–H groups in total. The minimum atomic E-state index is -0.409. The lowest BCUT2D eigenvalue weighted by atomic mass is 10.0. The molecule has 168 valence electrons. The van der Waals surface area contributed by atoms with Crippen LogP contribution in [0.5, 0.6) is 5.75 Å². The summed E-state index contributed by atoms with van der Waals surface area (Å²) in [4.78, 5) is 30.8. The van der Waals surface area contributed by atoms with Gasteiger partial charge in [0.15, 0.2) is 0 Å². The molecule has 0 saturated carbocycles. The fraction of sp³-hybridized carbons (Fsp3) is 0.500. The Morgan fingerprint density at radius 3 is 2.55 bits per heavy atom. The Labute approximate surface area is 184 Å². The molecule has 1 unspecified atom stereocenters. The Morgan fingerprint density at radius 2 is 1.87 bits per heavy atom. The van der Waals surface area contributed by atoms with E-state index in [2.05, 4.69) is 21.3 Å². The number of para-hydroxylation sites is 1. The van der Waals surface area contributed by atoms with Crippen LogP contribution in [0.15, 0.2) is 24.3 Å². The monoisotopic (exact) mass is 427 g/mol. The molecular formula is C24H33N3O4. The van der Waals surface area contributed by atoms with Crippen molar-refractivity contribution in [1.82, 2.24) is 15.2 Å². The molecule has 31 heavy (non-hydrogen) atoms. The molecule has 0 radical (unpaired) electrons. The Balaban J connectivity index is 1.81. The number of piperidine rings is 1. The first-order valence-electron chi connectivity index (χ1n) is 11.0. The third kappa shape index (κ3) is 5.10. The molecule has 1 aromatic heterocycles. The molecular weight excluding hydrogens is 394 g/mol. The van der Waals surface area contributed by atoms with E-state index in [-0.39, 0.29) is 11.9 Å². The molecule has 2 heterocycles. The van der Waals surface area contributed by atoms with Crippen LogP contribution in [0.2, 0.25) is 0 Å². The summed E-state index contributed by atoms with van der Waals surface area (Å²) in [6, 6.07) is 7.99. The topological polar surface area (TPSA) is 83.7 Å². The first-order valence-corrected chi connectivity index (χ1v) is 11.0. The summed E-state index contributed by atoms with van der Waals surface area (Å²) in [5.41, 5.74) is 3.15. The molecule has 3 rings (SSSR count). The van der Waals surface area contributed by atoms with Gasteiger partial charge in [0, 0.05) is 17.8 Å². The smallest absolute Gasteiger partial charge is 0.340 e. The van der Waals surface area contributed by atoms with Crippen molar-refractivity contribution in [2.75, 3.05) is 33.4 Å². The molecule has 0 bridgehead atoms. The maximum absolute atomic E-state index is 13.0. The summed E-state index contributed by atoms with van der Waals surface area (Å²) in [6.07, 6.45) is 3.54. The molecule has 0 spiro atoms. The quantitative estimate of drug-likeness (QED) is 0.627. The highest BCUT2D eigenvalue weighted by Gasteiger charge is 2.27. The average Bonchev–Trinajstić information content (AvgIpc) is 3.09. The van der Waals surface area contributed by atoms with Crippen molar-refractivity contribution < 1.29 is 19.1 Å². The zero-order valence-electron chi connectivity index (χ0n) is 18.9. The van der Waals surface area contributed by atoms with Crippen molar-refractivity contribution in [3.63, 3.8) is 0 Å². The standard InChI is InChI=1S/C24H33N3O4/c1-5-31-24(29)21-16(2)22(26-17(21)3)23(28)25-15-19(27-13-9-6-10-14-27)18-11-7-8-12-20(18)30-4/h7-8,11-12,19,26H,5-6,9-10,13-15H2,1-4H3,(H,25,28). The van der Waals surface area contributed by atoms with Gasteiger partial charge in [-0.25, -0.2) is 4.79 Å². The predicted molar refractivity (Wildman–Crippen MR) is 120 cm³/mol. The van der Waals surface area contributed by atoms with E-state index in [0.717, 1.165) is 37.2 Å². The largest absolute Gasteiger partial charge is 0.496 e. The summed E-state index contributed by atoms with van der Waals surface area (Å²) >= 11 is 0. The lowest BCUT2D eigenvalue weighted by Gasteiger charge is -2.35. The van der Waals surface area contributed by atoms with Crippen LogP contribution in [0.25, 0.3) is 0 Å². The normalized spacial score (nSPS) is 15.4. The fourth-order valence-corrected chi connectivity index (χ4v) is 4.37. The number of methoxy groups -OCH3 is 1. The number of carbonyl (C=O) groups is 2.